The summed E-state index contributed by atoms with van der Waals surface area (Å²) >= 11 is 0. The van der Waals surface area contributed by atoms with Gasteiger partial charge in [0.25, 0.3) is 0 Å². The van der Waals surface area contributed by atoms with Gasteiger partial charge in [-0.05, 0) is 12.6 Å². The molecule has 3 aromatic rings. The van der Waals surface area contributed by atoms with Gasteiger partial charge < -0.3 is 14.3 Å². The van der Waals surface area contributed by atoms with E-state index in [0.29, 0.717) is 18.3 Å². The molecule has 0 fully saturated rings. The molecule has 5 nitrogen and oxygen atoms in total. The molecule has 0 aliphatic rings. The first-order chi connectivity index (χ1) is 8.88. The van der Waals surface area contributed by atoms with Crippen LogP contribution >= 0.6 is 0 Å². The van der Waals surface area contributed by atoms with Crippen LogP contribution in [0.3, 0.4) is 0 Å². The van der Waals surface area contributed by atoms with Crippen LogP contribution in [0.2, 0.25) is 0 Å². The Kier molecular flexibility index (Phi) is 2.82. The number of para-hydroxylation sites is 1. The van der Waals surface area contributed by atoms with E-state index in [1.54, 1.807) is 6.26 Å². The number of rotatable bonds is 4. The molecular formula is C13H13N3O2. The lowest BCUT2D eigenvalue weighted by Crippen LogP contribution is -2.11. The first-order valence-corrected chi connectivity index (χ1v) is 5.88. The quantitative estimate of drug-likeness (QED) is 0.763. The van der Waals surface area contributed by atoms with Crippen LogP contribution in [0.5, 0.6) is 0 Å². The van der Waals surface area contributed by atoms with Gasteiger partial charge in [-0.15, -0.1) is 0 Å². The molecule has 18 heavy (non-hydrogen) atoms. The topological polar surface area (TPSA) is 64.1 Å². The molecule has 5 heteroatoms. The first kappa shape index (κ1) is 11.0. The number of fused-ring (bicyclic) bond motifs is 1. The maximum atomic E-state index is 5.46. The molecule has 0 bridgehead atoms. The standard InChI is InChI=1S/C13H13N3O2/c1-2-14-7-12-15-13(16-18-12)10-8-17-11-6-4-3-5-9(10)11/h3-6,8,14H,2,7H2,1H3. The molecule has 0 saturated heterocycles. The van der Waals surface area contributed by atoms with Crippen LogP contribution in [0.15, 0.2) is 39.5 Å². The minimum absolute atomic E-state index is 0.563. The fraction of sp³-hybridized carbons (Fsp3) is 0.231. The highest BCUT2D eigenvalue weighted by Gasteiger charge is 2.13. The third-order valence-electron chi connectivity index (χ3n) is 2.72. The van der Waals surface area contributed by atoms with Crippen LogP contribution in [-0.2, 0) is 6.54 Å². The Morgan fingerprint density at radius 1 is 1.28 bits per heavy atom. The number of nitrogens with one attached hydrogen (secondary N) is 1. The molecule has 2 aromatic heterocycles. The van der Waals surface area contributed by atoms with Crippen molar-refractivity contribution in [1.82, 2.24) is 15.5 Å². The lowest BCUT2D eigenvalue weighted by Gasteiger charge is -1.92. The molecule has 0 aliphatic heterocycles. The molecule has 0 amide bonds. The van der Waals surface area contributed by atoms with Gasteiger partial charge in [0.05, 0.1) is 12.1 Å². The lowest BCUT2D eigenvalue weighted by atomic mass is 10.2. The van der Waals surface area contributed by atoms with Gasteiger partial charge in [0.1, 0.15) is 11.8 Å². The number of furan rings is 1. The summed E-state index contributed by atoms with van der Waals surface area (Å²) in [6, 6.07) is 7.79. The molecule has 0 atom stereocenters. The summed E-state index contributed by atoms with van der Waals surface area (Å²) in [7, 11) is 0. The SMILES string of the molecule is CCNCc1nc(-c2coc3ccccc23)no1. The van der Waals surface area contributed by atoms with Crippen molar-refractivity contribution in [2.45, 2.75) is 13.5 Å². The molecule has 0 unspecified atom stereocenters. The molecule has 1 aromatic carbocycles. The summed E-state index contributed by atoms with van der Waals surface area (Å²) in [5.74, 6) is 1.14. The predicted molar refractivity (Wildman–Crippen MR) is 66.9 cm³/mol. The third-order valence-corrected chi connectivity index (χ3v) is 2.72. The summed E-state index contributed by atoms with van der Waals surface area (Å²) in [5.41, 5.74) is 1.68. The van der Waals surface area contributed by atoms with Gasteiger partial charge in [0.15, 0.2) is 0 Å². The summed E-state index contributed by atoms with van der Waals surface area (Å²) in [6.45, 7) is 3.48. The number of hydrogen-bond donors (Lipinski definition) is 1. The Bertz CT molecular complexity index is 657. The number of nitrogens with zero attached hydrogens (tertiary/aromatic N) is 2. The molecule has 92 valence electrons. The van der Waals surface area contributed by atoms with E-state index in [4.69, 9.17) is 8.94 Å². The van der Waals surface area contributed by atoms with E-state index in [0.717, 1.165) is 23.1 Å². The van der Waals surface area contributed by atoms with Crippen LogP contribution in [-0.4, -0.2) is 16.7 Å². The van der Waals surface area contributed by atoms with Gasteiger partial charge in [-0.2, -0.15) is 4.98 Å². The van der Waals surface area contributed by atoms with Gasteiger partial charge in [-0.1, -0.05) is 30.3 Å². The minimum atomic E-state index is 0.563. The van der Waals surface area contributed by atoms with Crippen molar-refractivity contribution in [3.8, 4) is 11.4 Å². The van der Waals surface area contributed by atoms with Crippen molar-refractivity contribution in [3.63, 3.8) is 0 Å². The molecule has 0 radical (unpaired) electrons. The highest BCUT2D eigenvalue weighted by atomic mass is 16.5. The van der Waals surface area contributed by atoms with Crippen LogP contribution in [0.25, 0.3) is 22.4 Å². The normalized spacial score (nSPS) is 11.2. The molecule has 0 aliphatic carbocycles. The zero-order valence-corrected chi connectivity index (χ0v) is 10.0. The van der Waals surface area contributed by atoms with E-state index in [1.165, 1.54) is 0 Å². The molecular weight excluding hydrogens is 230 g/mol. The van der Waals surface area contributed by atoms with Crippen molar-refractivity contribution >= 4 is 11.0 Å². The van der Waals surface area contributed by atoms with Gasteiger partial charge in [0.2, 0.25) is 11.7 Å². The smallest absolute Gasteiger partial charge is 0.240 e. The van der Waals surface area contributed by atoms with Crippen LogP contribution in [0.1, 0.15) is 12.8 Å². The molecule has 1 N–H and O–H groups in total. The number of aromatic nitrogens is 2. The molecule has 3 rings (SSSR count). The number of benzene rings is 1. The fourth-order valence-corrected chi connectivity index (χ4v) is 1.82. The Balaban J connectivity index is 1.96. The van der Waals surface area contributed by atoms with Crippen LogP contribution < -0.4 is 5.32 Å². The summed E-state index contributed by atoms with van der Waals surface area (Å²) in [5, 5.41) is 8.11. The molecule has 0 saturated carbocycles. The second-order valence-electron chi connectivity index (χ2n) is 3.94. The average Bonchev–Trinajstić information content (AvgIpc) is 3.02. The Morgan fingerprint density at radius 3 is 3.06 bits per heavy atom. The van der Waals surface area contributed by atoms with Crippen molar-refractivity contribution in [2.75, 3.05) is 6.54 Å². The van der Waals surface area contributed by atoms with E-state index in [9.17, 15) is 0 Å². The Hall–Kier alpha value is -2.14. The average molecular weight is 243 g/mol. The second kappa shape index (κ2) is 4.62. The highest BCUT2D eigenvalue weighted by molar-refractivity contribution is 5.91. The zero-order chi connectivity index (χ0) is 12.4. The first-order valence-electron chi connectivity index (χ1n) is 5.88. The van der Waals surface area contributed by atoms with Crippen LogP contribution in [0, 0.1) is 0 Å². The lowest BCUT2D eigenvalue weighted by molar-refractivity contribution is 0.369. The summed E-state index contributed by atoms with van der Waals surface area (Å²) < 4.78 is 10.6. The maximum Gasteiger partial charge on any atom is 0.240 e. The van der Waals surface area contributed by atoms with Crippen molar-refractivity contribution < 1.29 is 8.94 Å². The fourth-order valence-electron chi connectivity index (χ4n) is 1.82. The number of hydrogen-bond acceptors (Lipinski definition) is 5. The van der Waals surface area contributed by atoms with E-state index in [1.807, 2.05) is 31.2 Å². The maximum absolute atomic E-state index is 5.46. The molecule has 0 spiro atoms. The highest BCUT2D eigenvalue weighted by Crippen LogP contribution is 2.28. The monoisotopic (exact) mass is 243 g/mol. The van der Waals surface area contributed by atoms with E-state index >= 15 is 0 Å². The predicted octanol–water partition coefficient (Wildman–Crippen LogP) is 2.59. The minimum Gasteiger partial charge on any atom is -0.464 e. The third kappa shape index (κ3) is 1.89. The second-order valence-corrected chi connectivity index (χ2v) is 3.94. The largest absolute Gasteiger partial charge is 0.464 e. The van der Waals surface area contributed by atoms with Gasteiger partial charge >= 0.3 is 0 Å². The van der Waals surface area contributed by atoms with Gasteiger partial charge in [0, 0.05) is 5.39 Å². The zero-order valence-electron chi connectivity index (χ0n) is 10.0. The summed E-state index contributed by atoms with van der Waals surface area (Å²) in [4.78, 5) is 4.34. The van der Waals surface area contributed by atoms with Gasteiger partial charge in [-0.3, -0.25) is 0 Å². The van der Waals surface area contributed by atoms with Crippen LogP contribution in [0.4, 0.5) is 0 Å². The van der Waals surface area contributed by atoms with Gasteiger partial charge in [-0.25, -0.2) is 0 Å². The van der Waals surface area contributed by atoms with Crippen molar-refractivity contribution in [2.24, 2.45) is 0 Å². The van der Waals surface area contributed by atoms with Crippen molar-refractivity contribution in [3.05, 3.63) is 36.4 Å². The molecule has 2 heterocycles. The Morgan fingerprint density at radius 2 is 2.17 bits per heavy atom. The Labute approximate surface area is 104 Å². The van der Waals surface area contributed by atoms with E-state index < -0.39 is 0 Å². The van der Waals surface area contributed by atoms with E-state index in [2.05, 4.69) is 15.5 Å². The van der Waals surface area contributed by atoms with Crippen molar-refractivity contribution in [1.29, 1.82) is 0 Å². The summed E-state index contributed by atoms with van der Waals surface area (Å²) in [6.07, 6.45) is 1.66. The van der Waals surface area contributed by atoms with E-state index in [-0.39, 0.29) is 0 Å².